The van der Waals surface area contributed by atoms with Crippen LogP contribution in [-0.4, -0.2) is 24.6 Å². The molecule has 13 heavy (non-hydrogen) atoms. The van der Waals surface area contributed by atoms with Gasteiger partial charge in [0.25, 0.3) is 0 Å². The first-order valence-corrected chi connectivity index (χ1v) is 3.83. The second-order valence-electron chi connectivity index (χ2n) is 1.62. The number of aldehydes is 1. The van der Waals surface area contributed by atoms with Gasteiger partial charge >= 0.3 is 29.6 Å². The van der Waals surface area contributed by atoms with Crippen molar-refractivity contribution in [1.29, 1.82) is 0 Å². The first kappa shape index (κ1) is 15.4. The van der Waals surface area contributed by atoms with Crippen LogP contribution in [0.3, 0.4) is 0 Å². The van der Waals surface area contributed by atoms with Gasteiger partial charge in [0.2, 0.25) is 0 Å². The topological polar surface area (TPSA) is 90.3 Å². The van der Waals surface area contributed by atoms with Crippen LogP contribution >= 0.6 is 0 Å². The SMILES string of the molecule is O=Cc1cccnc1.O=S([O-])O.[Na+]. The number of hydrogen-bond donors (Lipinski definition) is 1. The molecule has 0 spiro atoms. The van der Waals surface area contributed by atoms with Crippen LogP contribution in [-0.2, 0) is 11.4 Å². The van der Waals surface area contributed by atoms with E-state index < -0.39 is 11.4 Å². The van der Waals surface area contributed by atoms with Gasteiger partial charge in [-0.1, -0.05) is 0 Å². The maximum atomic E-state index is 9.97. The molecule has 7 heteroatoms. The van der Waals surface area contributed by atoms with Crippen LogP contribution in [0.1, 0.15) is 10.4 Å². The molecule has 66 valence electrons. The Labute approximate surface area is 100.0 Å². The van der Waals surface area contributed by atoms with Crippen LogP contribution in [0.15, 0.2) is 24.5 Å². The molecule has 0 fully saturated rings. The van der Waals surface area contributed by atoms with Gasteiger partial charge in [-0.2, -0.15) is 0 Å². The van der Waals surface area contributed by atoms with Gasteiger partial charge in [0, 0.05) is 18.0 Å². The van der Waals surface area contributed by atoms with Gasteiger partial charge in [0.1, 0.15) is 0 Å². The van der Waals surface area contributed by atoms with Crippen LogP contribution in [0.4, 0.5) is 0 Å². The van der Waals surface area contributed by atoms with E-state index in [0.29, 0.717) is 5.56 Å². The molecule has 1 unspecified atom stereocenters. The Bertz CT molecular complexity index is 252. The number of carbonyl (C=O) groups excluding carboxylic acids is 1. The maximum absolute atomic E-state index is 9.97. The smallest absolute Gasteiger partial charge is 0.750 e. The predicted octanol–water partition coefficient (Wildman–Crippen LogP) is -2.76. The molecule has 0 aliphatic rings. The zero-order valence-corrected chi connectivity index (χ0v) is 9.73. The van der Waals surface area contributed by atoms with Crippen molar-refractivity contribution in [2.75, 3.05) is 0 Å². The summed E-state index contributed by atoms with van der Waals surface area (Å²) >= 11 is -2.86. The van der Waals surface area contributed by atoms with Crippen molar-refractivity contribution in [3.63, 3.8) is 0 Å². The van der Waals surface area contributed by atoms with Crippen LogP contribution in [0.5, 0.6) is 0 Å². The molecule has 1 N–H and O–H groups in total. The standard InChI is InChI=1S/C6H5NO.Na.H2O3S/c8-5-6-2-1-3-7-4-6;;1-4(2)3/h1-5H;;(H2,1,2,3)/q;+1;/p-1. The minimum Gasteiger partial charge on any atom is -0.750 e. The average Bonchev–Trinajstić information content (AvgIpc) is 2.05. The molecule has 1 rings (SSSR count). The zero-order chi connectivity index (χ0) is 9.40. The molecule has 5 nitrogen and oxygen atoms in total. The fourth-order valence-electron chi connectivity index (χ4n) is 0.446. The van der Waals surface area contributed by atoms with Crippen molar-refractivity contribution >= 4 is 17.6 Å². The molecule has 0 bridgehead atoms. The molecule has 1 aromatic heterocycles. The quantitative estimate of drug-likeness (QED) is 0.308. The van der Waals surface area contributed by atoms with Crippen LogP contribution in [0.25, 0.3) is 0 Å². The second kappa shape index (κ2) is 9.97. The third-order valence-electron chi connectivity index (χ3n) is 0.820. The van der Waals surface area contributed by atoms with Gasteiger partial charge in [-0.05, 0) is 12.1 Å². The Morgan fingerprint density at radius 2 is 2.15 bits per heavy atom. The zero-order valence-electron chi connectivity index (χ0n) is 6.91. The molecule has 0 amide bonds. The summed E-state index contributed by atoms with van der Waals surface area (Å²) in [5, 5.41) is 0. The fourth-order valence-corrected chi connectivity index (χ4v) is 0.446. The van der Waals surface area contributed by atoms with Gasteiger partial charge in [-0.15, -0.1) is 0 Å². The normalized spacial score (nSPS) is 10.0. The summed E-state index contributed by atoms with van der Waals surface area (Å²) in [7, 11) is 0. The van der Waals surface area contributed by atoms with E-state index in [9.17, 15) is 4.79 Å². The van der Waals surface area contributed by atoms with E-state index in [2.05, 4.69) is 4.98 Å². The summed E-state index contributed by atoms with van der Waals surface area (Å²) in [5.41, 5.74) is 0.618. The van der Waals surface area contributed by atoms with E-state index in [-0.39, 0.29) is 29.6 Å². The summed E-state index contributed by atoms with van der Waals surface area (Å²) in [4.78, 5) is 13.7. The van der Waals surface area contributed by atoms with Crippen molar-refractivity contribution in [3.8, 4) is 0 Å². The van der Waals surface area contributed by atoms with E-state index in [0.717, 1.165) is 6.29 Å². The molecule has 0 saturated carbocycles. The van der Waals surface area contributed by atoms with Gasteiger partial charge in [-0.3, -0.25) is 9.78 Å². The minimum atomic E-state index is -2.86. The van der Waals surface area contributed by atoms with Crippen LogP contribution < -0.4 is 29.6 Å². The second-order valence-corrected chi connectivity index (χ2v) is 2.06. The third kappa shape index (κ3) is 11.9. The van der Waals surface area contributed by atoms with Crippen molar-refractivity contribution in [2.45, 2.75) is 0 Å². The predicted molar refractivity (Wildman–Crippen MR) is 41.2 cm³/mol. The molecule has 0 saturated heterocycles. The largest absolute Gasteiger partial charge is 1.00 e. The minimum absolute atomic E-state index is 0. The number of nitrogens with zero attached hydrogens (tertiary/aromatic N) is 1. The maximum Gasteiger partial charge on any atom is 1.00 e. The summed E-state index contributed by atoms with van der Waals surface area (Å²) in [6.07, 6.45) is 3.92. The first-order valence-electron chi connectivity index (χ1n) is 2.80. The van der Waals surface area contributed by atoms with Crippen molar-refractivity contribution in [3.05, 3.63) is 30.1 Å². The third-order valence-corrected chi connectivity index (χ3v) is 0.820. The van der Waals surface area contributed by atoms with Gasteiger partial charge in [0.15, 0.2) is 6.29 Å². The Kier molecular flexibility index (Phi) is 11.8. The number of carbonyl (C=O) groups is 1. The summed E-state index contributed by atoms with van der Waals surface area (Å²) in [5.74, 6) is 0. The number of hydrogen-bond acceptors (Lipinski definition) is 4. The van der Waals surface area contributed by atoms with Crippen LogP contribution in [0.2, 0.25) is 0 Å². The Morgan fingerprint density at radius 1 is 1.62 bits per heavy atom. The molecule has 0 radical (unpaired) electrons. The number of aromatic nitrogens is 1. The van der Waals surface area contributed by atoms with Gasteiger partial charge < -0.3 is 9.11 Å². The van der Waals surface area contributed by atoms with Crippen molar-refractivity contribution in [1.82, 2.24) is 4.98 Å². The number of pyridine rings is 1. The monoisotopic (exact) mass is 211 g/mol. The first-order chi connectivity index (χ1) is 5.66. The fraction of sp³-hybridized carbons (Fsp3) is 0. The Balaban J connectivity index is 0. The van der Waals surface area contributed by atoms with Crippen molar-refractivity contribution < 1.29 is 47.7 Å². The van der Waals surface area contributed by atoms with E-state index in [1.165, 1.54) is 6.20 Å². The molecular formula is C6H6NNaO4S. The number of rotatable bonds is 1. The average molecular weight is 211 g/mol. The molecule has 1 atom stereocenters. The van der Waals surface area contributed by atoms with Gasteiger partial charge in [-0.25, -0.2) is 4.21 Å². The Morgan fingerprint density at radius 3 is 2.38 bits per heavy atom. The molecular weight excluding hydrogens is 205 g/mol. The summed E-state index contributed by atoms with van der Waals surface area (Å²) in [6.45, 7) is 0. The molecule has 0 aliphatic heterocycles. The molecule has 0 aliphatic carbocycles. The van der Waals surface area contributed by atoms with Gasteiger partial charge in [0.05, 0.1) is 11.4 Å². The molecule has 1 aromatic rings. The van der Waals surface area contributed by atoms with E-state index >= 15 is 0 Å². The van der Waals surface area contributed by atoms with Crippen LogP contribution in [0, 0.1) is 0 Å². The van der Waals surface area contributed by atoms with E-state index in [1.54, 1.807) is 18.3 Å². The molecule has 1 heterocycles. The van der Waals surface area contributed by atoms with Crippen molar-refractivity contribution in [2.24, 2.45) is 0 Å². The van der Waals surface area contributed by atoms with E-state index in [1.807, 2.05) is 0 Å². The van der Waals surface area contributed by atoms with E-state index in [4.69, 9.17) is 13.3 Å². The summed E-state index contributed by atoms with van der Waals surface area (Å²) in [6, 6.07) is 3.43. The summed E-state index contributed by atoms with van der Waals surface area (Å²) < 4.78 is 24.1. The Hall–Kier alpha value is -0.110. The molecule has 0 aromatic carbocycles.